The molecular weight excluding hydrogens is 426 g/mol. The van der Waals surface area contributed by atoms with Crippen molar-refractivity contribution in [3.8, 4) is 11.3 Å². The largest absolute Gasteiger partial charge is 0.863 e. The van der Waals surface area contributed by atoms with Gasteiger partial charge in [-0.2, -0.15) is 4.57 Å². The average molecular weight is 442 g/mol. The number of pyridine rings is 1. The van der Waals surface area contributed by atoms with Crippen LogP contribution in [0.15, 0.2) is 71.0 Å². The number of hydrogen-bond acceptors (Lipinski definition) is 5. The SMILES string of the molecule is COC(=O)/C([O-])=C(\C(=O)OC)[n+]1cc2ccccc2c(Br)c1-c1ccccc1. The van der Waals surface area contributed by atoms with E-state index in [2.05, 4.69) is 20.7 Å². The minimum absolute atomic E-state index is 0.459. The van der Waals surface area contributed by atoms with Crippen LogP contribution in [0.3, 0.4) is 0 Å². The molecule has 142 valence electrons. The number of carbonyl (C=O) groups is 2. The van der Waals surface area contributed by atoms with Crippen molar-refractivity contribution in [2.24, 2.45) is 0 Å². The number of halogens is 1. The second-order valence-corrected chi connectivity index (χ2v) is 6.57. The summed E-state index contributed by atoms with van der Waals surface area (Å²) in [5, 5.41) is 14.3. The molecule has 2 aromatic carbocycles. The first-order valence-corrected chi connectivity index (χ1v) is 9.05. The summed E-state index contributed by atoms with van der Waals surface area (Å²) < 4.78 is 11.3. The molecule has 3 aromatic rings. The zero-order valence-electron chi connectivity index (χ0n) is 15.1. The molecule has 0 N–H and O–H groups in total. The Balaban J connectivity index is 2.47. The Labute approximate surface area is 169 Å². The van der Waals surface area contributed by atoms with Gasteiger partial charge in [-0.1, -0.05) is 36.4 Å². The second kappa shape index (κ2) is 8.22. The van der Waals surface area contributed by atoms with Crippen LogP contribution in [0.4, 0.5) is 0 Å². The molecule has 0 spiro atoms. The molecule has 0 saturated carbocycles. The molecule has 28 heavy (non-hydrogen) atoms. The van der Waals surface area contributed by atoms with Crippen LogP contribution < -0.4 is 9.67 Å². The van der Waals surface area contributed by atoms with Crippen molar-refractivity contribution in [3.05, 3.63) is 71.0 Å². The highest BCUT2D eigenvalue weighted by Gasteiger charge is 2.32. The fourth-order valence-electron chi connectivity index (χ4n) is 2.87. The number of esters is 2. The van der Waals surface area contributed by atoms with E-state index in [-0.39, 0.29) is 0 Å². The maximum absolute atomic E-state index is 12.7. The molecule has 0 atom stereocenters. The summed E-state index contributed by atoms with van der Waals surface area (Å²) in [6.45, 7) is 0. The van der Waals surface area contributed by atoms with Crippen LogP contribution in [0.5, 0.6) is 0 Å². The predicted molar refractivity (Wildman–Crippen MR) is 105 cm³/mol. The van der Waals surface area contributed by atoms with E-state index < -0.39 is 23.4 Å². The molecule has 3 rings (SSSR count). The quantitative estimate of drug-likeness (QED) is 0.269. The van der Waals surface area contributed by atoms with E-state index >= 15 is 0 Å². The monoisotopic (exact) mass is 441 g/mol. The van der Waals surface area contributed by atoms with E-state index in [0.717, 1.165) is 30.6 Å². The molecule has 0 fully saturated rings. The first-order chi connectivity index (χ1) is 13.5. The molecule has 1 aromatic heterocycles. The van der Waals surface area contributed by atoms with Gasteiger partial charge >= 0.3 is 11.9 Å². The lowest BCUT2D eigenvalue weighted by atomic mass is 10.1. The first-order valence-electron chi connectivity index (χ1n) is 8.26. The third-order valence-electron chi connectivity index (χ3n) is 4.17. The lowest BCUT2D eigenvalue weighted by molar-refractivity contribution is -0.570. The molecular formula is C21H16BrNO5. The van der Waals surface area contributed by atoms with Crippen molar-refractivity contribution in [1.29, 1.82) is 0 Å². The van der Waals surface area contributed by atoms with Gasteiger partial charge in [-0.05, 0) is 34.1 Å². The summed E-state index contributed by atoms with van der Waals surface area (Å²) in [6, 6.07) is 16.7. The molecule has 1 heterocycles. The first kappa shape index (κ1) is 19.6. The predicted octanol–water partition coefficient (Wildman–Crippen LogP) is 2.43. The molecule has 0 radical (unpaired) electrons. The zero-order valence-corrected chi connectivity index (χ0v) is 16.7. The van der Waals surface area contributed by atoms with Gasteiger partial charge in [-0.15, -0.1) is 0 Å². The number of ether oxygens (including phenoxy) is 2. The highest BCUT2D eigenvalue weighted by molar-refractivity contribution is 9.10. The number of carbonyl (C=O) groups excluding carboxylic acids is 2. The van der Waals surface area contributed by atoms with Crippen LogP contribution in [0, 0.1) is 0 Å². The Morgan fingerprint density at radius 2 is 1.54 bits per heavy atom. The van der Waals surface area contributed by atoms with E-state index in [0.29, 0.717) is 10.2 Å². The standard InChI is InChI=1S/C21H16BrNO5/c1-27-20(25)18(19(24)21(26)28-2)23-12-14-10-6-7-11-15(14)16(22)17(23)13-8-4-3-5-9-13/h3-12H,1-2H3. The van der Waals surface area contributed by atoms with E-state index in [4.69, 9.17) is 4.74 Å². The molecule has 7 heteroatoms. The van der Waals surface area contributed by atoms with E-state index in [1.54, 1.807) is 6.20 Å². The van der Waals surface area contributed by atoms with Gasteiger partial charge in [0.15, 0.2) is 6.20 Å². The lowest BCUT2D eigenvalue weighted by Gasteiger charge is -2.15. The van der Waals surface area contributed by atoms with Gasteiger partial charge in [-0.3, -0.25) is 0 Å². The van der Waals surface area contributed by atoms with Gasteiger partial charge in [0.2, 0.25) is 5.69 Å². The van der Waals surface area contributed by atoms with Gasteiger partial charge in [0, 0.05) is 16.3 Å². The Bertz CT molecular complexity index is 1090. The van der Waals surface area contributed by atoms with Crippen LogP contribution >= 0.6 is 15.9 Å². The Morgan fingerprint density at radius 1 is 0.929 bits per heavy atom. The average Bonchev–Trinajstić information content (AvgIpc) is 2.73. The van der Waals surface area contributed by atoms with E-state index in [9.17, 15) is 14.7 Å². The van der Waals surface area contributed by atoms with Crippen LogP contribution in [-0.4, -0.2) is 26.2 Å². The van der Waals surface area contributed by atoms with Crippen molar-refractivity contribution in [2.45, 2.75) is 0 Å². The smallest absolute Gasteiger partial charge is 0.403 e. The van der Waals surface area contributed by atoms with E-state index in [1.165, 1.54) is 4.57 Å². The van der Waals surface area contributed by atoms with Crippen LogP contribution in [0.2, 0.25) is 0 Å². The maximum atomic E-state index is 12.7. The van der Waals surface area contributed by atoms with Crippen molar-refractivity contribution in [2.75, 3.05) is 14.2 Å². The number of methoxy groups -OCH3 is 2. The summed E-state index contributed by atoms with van der Waals surface area (Å²) in [7, 11) is 2.22. The highest BCUT2D eigenvalue weighted by Crippen LogP contribution is 2.32. The Morgan fingerprint density at radius 3 is 2.18 bits per heavy atom. The van der Waals surface area contributed by atoms with Crippen molar-refractivity contribution in [3.63, 3.8) is 0 Å². The zero-order chi connectivity index (χ0) is 20.3. The second-order valence-electron chi connectivity index (χ2n) is 5.78. The van der Waals surface area contributed by atoms with Gasteiger partial charge < -0.3 is 14.6 Å². The fourth-order valence-corrected chi connectivity index (χ4v) is 3.65. The van der Waals surface area contributed by atoms with Crippen LogP contribution in [0.25, 0.3) is 27.7 Å². The number of hydrogen-bond donors (Lipinski definition) is 0. The highest BCUT2D eigenvalue weighted by atomic mass is 79.9. The van der Waals surface area contributed by atoms with E-state index in [1.807, 2.05) is 54.6 Å². The van der Waals surface area contributed by atoms with Gasteiger partial charge in [0.25, 0.3) is 5.70 Å². The number of fused-ring (bicyclic) bond motifs is 1. The minimum Gasteiger partial charge on any atom is -0.863 e. The maximum Gasteiger partial charge on any atom is 0.403 e. The topological polar surface area (TPSA) is 79.5 Å². The number of aromatic nitrogens is 1. The van der Waals surface area contributed by atoms with Gasteiger partial charge in [-0.25, -0.2) is 9.59 Å². The third kappa shape index (κ3) is 3.48. The Kier molecular flexibility index (Phi) is 5.75. The normalized spacial score (nSPS) is 11.7. The van der Waals surface area contributed by atoms with Crippen LogP contribution in [-0.2, 0) is 19.1 Å². The van der Waals surface area contributed by atoms with Gasteiger partial charge in [0.05, 0.1) is 24.5 Å². The molecule has 0 amide bonds. The summed E-state index contributed by atoms with van der Waals surface area (Å²) in [6.07, 6.45) is 1.62. The minimum atomic E-state index is -1.16. The molecule has 0 bridgehead atoms. The molecule has 0 aliphatic heterocycles. The third-order valence-corrected chi connectivity index (χ3v) is 4.97. The van der Waals surface area contributed by atoms with Crippen molar-refractivity contribution in [1.82, 2.24) is 0 Å². The summed E-state index contributed by atoms with van der Waals surface area (Å²) in [4.78, 5) is 24.4. The molecule has 0 saturated heterocycles. The van der Waals surface area contributed by atoms with Crippen LogP contribution in [0.1, 0.15) is 0 Å². The molecule has 6 nitrogen and oxygen atoms in total. The number of benzene rings is 2. The lowest BCUT2D eigenvalue weighted by Crippen LogP contribution is -2.43. The number of nitrogens with zero attached hydrogens (tertiary/aromatic N) is 1. The summed E-state index contributed by atoms with van der Waals surface area (Å²) >= 11 is 3.60. The molecule has 0 aliphatic carbocycles. The molecule has 0 aliphatic rings. The van der Waals surface area contributed by atoms with Gasteiger partial charge in [0.1, 0.15) is 0 Å². The fraction of sp³-hybridized carbons (Fsp3) is 0.0952. The summed E-state index contributed by atoms with van der Waals surface area (Å²) in [5.41, 5.74) is 0.802. The van der Waals surface area contributed by atoms with Crippen molar-refractivity contribution < 1.29 is 28.7 Å². The summed E-state index contributed by atoms with van der Waals surface area (Å²) in [5.74, 6) is -3.20. The van der Waals surface area contributed by atoms with Crippen molar-refractivity contribution >= 4 is 44.3 Å². The molecule has 0 unspecified atom stereocenters. The Hall–Kier alpha value is -3.19. The number of rotatable bonds is 4.